The fraction of sp³-hybridized carbons (Fsp3) is 0. The first-order chi connectivity index (χ1) is 8.24. The summed E-state index contributed by atoms with van der Waals surface area (Å²) in [6.07, 6.45) is 0. The summed E-state index contributed by atoms with van der Waals surface area (Å²) in [5.41, 5.74) is 7.91. The van der Waals surface area contributed by atoms with Gasteiger partial charge in [0.15, 0.2) is 5.96 Å². The van der Waals surface area contributed by atoms with Crippen LogP contribution in [0.4, 0.5) is 17.1 Å². The Balaban J connectivity index is 2.06. The molecule has 4 nitrogen and oxygen atoms in total. The lowest BCUT2D eigenvalue weighted by Gasteiger charge is -2.07. The van der Waals surface area contributed by atoms with Crippen molar-refractivity contribution in [3.05, 3.63) is 54.6 Å². The smallest absolute Gasteiger partial charge is 0.190 e. The Morgan fingerprint density at radius 2 is 1.76 bits per heavy atom. The van der Waals surface area contributed by atoms with Gasteiger partial charge < -0.3 is 16.4 Å². The lowest BCUT2D eigenvalue weighted by atomic mass is 10.2. The predicted octanol–water partition coefficient (Wildman–Crippen LogP) is 2.54. The van der Waals surface area contributed by atoms with Gasteiger partial charge in [-0.2, -0.15) is 0 Å². The van der Waals surface area contributed by atoms with Crippen molar-refractivity contribution < 1.29 is 0 Å². The third-order valence-corrected chi connectivity index (χ3v) is 2.15. The van der Waals surface area contributed by atoms with E-state index < -0.39 is 0 Å². The van der Waals surface area contributed by atoms with Crippen molar-refractivity contribution in [2.75, 3.05) is 10.6 Å². The number of hydrogen-bond donors (Lipinski definition) is 4. The van der Waals surface area contributed by atoms with E-state index in [9.17, 15) is 0 Å². The summed E-state index contributed by atoms with van der Waals surface area (Å²) in [5, 5.41) is 13.0. The second-order valence-corrected chi connectivity index (χ2v) is 3.52. The minimum Gasteiger partial charge on any atom is -0.370 e. The first kappa shape index (κ1) is 11.0. The van der Waals surface area contributed by atoms with E-state index in [1.807, 2.05) is 48.5 Å². The first-order valence-corrected chi connectivity index (χ1v) is 5.19. The minimum absolute atomic E-state index is 0.0675. The number of benzene rings is 2. The van der Waals surface area contributed by atoms with E-state index in [4.69, 9.17) is 11.1 Å². The summed E-state index contributed by atoms with van der Waals surface area (Å²) in [6, 6.07) is 18.3. The highest BCUT2D eigenvalue weighted by molar-refractivity contribution is 5.89. The Morgan fingerprint density at radius 1 is 1.06 bits per heavy atom. The number of guanidine groups is 1. The van der Waals surface area contributed by atoms with E-state index in [0.29, 0.717) is 0 Å². The molecular weight excluding hydrogens is 212 g/mol. The summed E-state index contributed by atoms with van der Waals surface area (Å²) < 4.78 is 0. The third-order valence-electron chi connectivity index (χ3n) is 2.15. The molecule has 0 saturated carbocycles. The Hall–Kier alpha value is -2.49. The van der Waals surface area contributed by atoms with Gasteiger partial charge in [0.1, 0.15) is 0 Å². The van der Waals surface area contributed by atoms with E-state index in [1.165, 1.54) is 0 Å². The molecule has 0 aromatic heterocycles. The zero-order valence-electron chi connectivity index (χ0n) is 9.20. The largest absolute Gasteiger partial charge is 0.370 e. The molecule has 0 fully saturated rings. The molecule has 0 bridgehead atoms. The summed E-state index contributed by atoms with van der Waals surface area (Å²) >= 11 is 0. The fourth-order valence-electron chi connectivity index (χ4n) is 1.42. The molecule has 0 aliphatic rings. The van der Waals surface area contributed by atoms with Crippen molar-refractivity contribution in [1.82, 2.24) is 0 Å². The SMILES string of the molecule is N=C(N)Nc1ccc(Nc2[c]cccc2)cc1. The molecule has 4 heteroatoms. The number of para-hydroxylation sites is 1. The highest BCUT2D eigenvalue weighted by atomic mass is 15.0. The van der Waals surface area contributed by atoms with E-state index >= 15 is 0 Å². The fourth-order valence-corrected chi connectivity index (χ4v) is 1.42. The number of nitrogens with two attached hydrogens (primary N) is 1. The summed E-state index contributed by atoms with van der Waals surface area (Å²) in [5.74, 6) is -0.0675. The van der Waals surface area contributed by atoms with Crippen LogP contribution >= 0.6 is 0 Å². The van der Waals surface area contributed by atoms with Crippen LogP contribution in [0.2, 0.25) is 0 Å². The van der Waals surface area contributed by atoms with Crippen LogP contribution in [0.1, 0.15) is 0 Å². The second kappa shape index (κ2) is 5.03. The van der Waals surface area contributed by atoms with Crippen LogP contribution in [-0.4, -0.2) is 5.96 Å². The zero-order chi connectivity index (χ0) is 12.1. The van der Waals surface area contributed by atoms with Gasteiger partial charge in [-0.05, 0) is 30.3 Å². The Labute approximate surface area is 100.0 Å². The van der Waals surface area contributed by atoms with Gasteiger partial charge in [0.05, 0.1) is 0 Å². The van der Waals surface area contributed by atoms with Crippen LogP contribution in [-0.2, 0) is 0 Å². The van der Waals surface area contributed by atoms with Gasteiger partial charge in [0, 0.05) is 23.1 Å². The normalized spacial score (nSPS) is 9.65. The number of nitrogens with one attached hydrogen (secondary N) is 3. The highest BCUT2D eigenvalue weighted by Crippen LogP contribution is 2.17. The summed E-state index contributed by atoms with van der Waals surface area (Å²) in [6.45, 7) is 0. The van der Waals surface area contributed by atoms with Crippen molar-refractivity contribution in [3.8, 4) is 0 Å². The van der Waals surface area contributed by atoms with Crippen LogP contribution in [0.5, 0.6) is 0 Å². The van der Waals surface area contributed by atoms with Crippen molar-refractivity contribution in [3.63, 3.8) is 0 Å². The maximum Gasteiger partial charge on any atom is 0.190 e. The van der Waals surface area contributed by atoms with Gasteiger partial charge in [0.25, 0.3) is 0 Å². The van der Waals surface area contributed by atoms with Crippen LogP contribution in [0.15, 0.2) is 48.5 Å². The van der Waals surface area contributed by atoms with Crippen molar-refractivity contribution in [2.45, 2.75) is 0 Å². The number of anilines is 3. The Bertz CT molecular complexity index is 491. The molecule has 0 amide bonds. The number of hydrogen-bond acceptors (Lipinski definition) is 2. The molecule has 2 aromatic rings. The molecule has 0 aliphatic carbocycles. The van der Waals surface area contributed by atoms with Gasteiger partial charge in [0.2, 0.25) is 0 Å². The summed E-state index contributed by atoms with van der Waals surface area (Å²) in [7, 11) is 0. The Kier molecular flexibility index (Phi) is 3.25. The molecule has 0 unspecified atom stereocenters. The van der Waals surface area contributed by atoms with Gasteiger partial charge in [-0.15, -0.1) is 0 Å². The topological polar surface area (TPSA) is 73.9 Å². The van der Waals surface area contributed by atoms with E-state index in [-0.39, 0.29) is 5.96 Å². The van der Waals surface area contributed by atoms with Gasteiger partial charge >= 0.3 is 0 Å². The second-order valence-electron chi connectivity index (χ2n) is 3.52. The molecule has 0 heterocycles. The van der Waals surface area contributed by atoms with Crippen molar-refractivity contribution >= 4 is 23.0 Å². The lowest BCUT2D eigenvalue weighted by molar-refractivity contribution is 1.41. The quantitative estimate of drug-likeness (QED) is 0.479. The maximum absolute atomic E-state index is 7.11. The maximum atomic E-state index is 7.11. The van der Waals surface area contributed by atoms with E-state index in [1.54, 1.807) is 0 Å². The van der Waals surface area contributed by atoms with Crippen LogP contribution in [0.25, 0.3) is 0 Å². The predicted molar refractivity (Wildman–Crippen MR) is 70.5 cm³/mol. The van der Waals surface area contributed by atoms with E-state index in [0.717, 1.165) is 17.1 Å². The molecule has 2 rings (SSSR count). The standard InChI is InChI=1S/C13H13N4/c14-13(15)17-12-8-6-11(7-9-12)16-10-4-2-1-3-5-10/h1-4,6-9,16H,(H4,14,15,17). The molecule has 0 saturated heterocycles. The van der Waals surface area contributed by atoms with Crippen LogP contribution in [0.3, 0.4) is 0 Å². The Morgan fingerprint density at radius 3 is 2.35 bits per heavy atom. The molecule has 1 radical (unpaired) electrons. The molecule has 85 valence electrons. The first-order valence-electron chi connectivity index (χ1n) is 5.19. The molecule has 0 atom stereocenters. The van der Waals surface area contributed by atoms with Crippen LogP contribution < -0.4 is 16.4 Å². The summed E-state index contributed by atoms with van der Waals surface area (Å²) in [4.78, 5) is 0. The molecule has 5 N–H and O–H groups in total. The van der Waals surface area contributed by atoms with Gasteiger partial charge in [-0.1, -0.05) is 18.2 Å². The average molecular weight is 225 g/mol. The van der Waals surface area contributed by atoms with Crippen LogP contribution in [0, 0.1) is 11.5 Å². The van der Waals surface area contributed by atoms with E-state index in [2.05, 4.69) is 16.7 Å². The molecular formula is C13H13N4. The van der Waals surface area contributed by atoms with Gasteiger partial charge in [-0.25, -0.2) is 0 Å². The lowest BCUT2D eigenvalue weighted by Crippen LogP contribution is -2.20. The minimum atomic E-state index is -0.0675. The molecule has 0 aliphatic heterocycles. The zero-order valence-corrected chi connectivity index (χ0v) is 9.20. The molecule has 2 aromatic carbocycles. The van der Waals surface area contributed by atoms with Crippen molar-refractivity contribution in [2.24, 2.45) is 5.73 Å². The van der Waals surface area contributed by atoms with Gasteiger partial charge in [-0.3, -0.25) is 5.41 Å². The third kappa shape index (κ3) is 3.24. The highest BCUT2D eigenvalue weighted by Gasteiger charge is 1.95. The average Bonchev–Trinajstić information content (AvgIpc) is 2.32. The number of rotatable bonds is 3. The molecule has 17 heavy (non-hydrogen) atoms. The monoisotopic (exact) mass is 225 g/mol. The van der Waals surface area contributed by atoms with Crippen molar-refractivity contribution in [1.29, 1.82) is 5.41 Å². The molecule has 0 spiro atoms.